The van der Waals surface area contributed by atoms with Crippen LogP contribution in [0.4, 0.5) is 0 Å². The average molecular weight is 249 g/mol. The molecule has 0 saturated carbocycles. The van der Waals surface area contributed by atoms with Crippen molar-refractivity contribution >= 4 is 11.9 Å². The predicted molar refractivity (Wildman–Crippen MR) is 69.1 cm³/mol. The molecule has 0 heterocycles. The molecule has 1 atom stereocenters. The summed E-state index contributed by atoms with van der Waals surface area (Å²) in [4.78, 5) is 22.0. The van der Waals surface area contributed by atoms with Crippen LogP contribution < -0.4 is 5.32 Å². The van der Waals surface area contributed by atoms with Gasteiger partial charge in [0.2, 0.25) is 5.91 Å². The third kappa shape index (κ3) is 4.99. The molecule has 0 aliphatic carbocycles. The molecule has 0 bridgehead atoms. The van der Waals surface area contributed by atoms with Gasteiger partial charge >= 0.3 is 5.97 Å². The zero-order valence-corrected chi connectivity index (χ0v) is 10.6. The Morgan fingerprint density at radius 1 is 1.22 bits per heavy atom. The highest BCUT2D eigenvalue weighted by molar-refractivity contribution is 5.77. The van der Waals surface area contributed by atoms with E-state index in [1.165, 1.54) is 0 Å². The van der Waals surface area contributed by atoms with Gasteiger partial charge in [-0.15, -0.1) is 0 Å². The van der Waals surface area contributed by atoms with Crippen LogP contribution in [0, 0.1) is 0 Å². The Kier molecular flexibility index (Phi) is 5.91. The van der Waals surface area contributed by atoms with Gasteiger partial charge < -0.3 is 10.4 Å². The molecular formula is C14H19NO3. The van der Waals surface area contributed by atoms with E-state index >= 15 is 0 Å². The molecule has 0 aliphatic heterocycles. The second-order valence-electron chi connectivity index (χ2n) is 4.19. The molecule has 0 aliphatic rings. The molecular weight excluding hydrogens is 230 g/mol. The third-order valence-electron chi connectivity index (χ3n) is 2.74. The first kappa shape index (κ1) is 14.2. The van der Waals surface area contributed by atoms with Gasteiger partial charge in [0.15, 0.2) is 0 Å². The molecule has 4 nitrogen and oxygen atoms in total. The molecule has 18 heavy (non-hydrogen) atoms. The van der Waals surface area contributed by atoms with E-state index in [1.807, 2.05) is 37.3 Å². The lowest BCUT2D eigenvalue weighted by molar-refractivity contribution is -0.137. The maximum atomic E-state index is 11.7. The number of carboxylic acid groups (broad SMARTS) is 1. The van der Waals surface area contributed by atoms with E-state index in [-0.39, 0.29) is 24.8 Å². The monoisotopic (exact) mass is 249 g/mol. The molecule has 1 aromatic carbocycles. The SMILES string of the molecule is CCC(NC(=O)CCCC(=O)O)c1ccccc1. The van der Waals surface area contributed by atoms with Crippen molar-refractivity contribution in [1.82, 2.24) is 5.32 Å². The average Bonchev–Trinajstić information content (AvgIpc) is 2.36. The van der Waals surface area contributed by atoms with Crippen LogP contribution in [0.2, 0.25) is 0 Å². The molecule has 1 aromatic rings. The number of benzene rings is 1. The van der Waals surface area contributed by atoms with Crippen LogP contribution in [0.15, 0.2) is 30.3 Å². The summed E-state index contributed by atoms with van der Waals surface area (Å²) < 4.78 is 0. The van der Waals surface area contributed by atoms with Gasteiger partial charge in [-0.3, -0.25) is 9.59 Å². The zero-order valence-electron chi connectivity index (χ0n) is 10.6. The highest BCUT2D eigenvalue weighted by Crippen LogP contribution is 2.16. The van der Waals surface area contributed by atoms with Crippen molar-refractivity contribution in [2.75, 3.05) is 0 Å². The minimum absolute atomic E-state index is 0.00327. The van der Waals surface area contributed by atoms with E-state index in [0.29, 0.717) is 6.42 Å². The van der Waals surface area contributed by atoms with Gasteiger partial charge in [-0.05, 0) is 18.4 Å². The number of carboxylic acids is 1. The largest absolute Gasteiger partial charge is 0.481 e. The van der Waals surface area contributed by atoms with Crippen LogP contribution in [-0.2, 0) is 9.59 Å². The van der Waals surface area contributed by atoms with Crippen molar-refractivity contribution in [3.63, 3.8) is 0 Å². The van der Waals surface area contributed by atoms with E-state index in [4.69, 9.17) is 5.11 Å². The molecule has 0 fully saturated rings. The Labute approximate surface area is 107 Å². The molecule has 0 aromatic heterocycles. The summed E-state index contributed by atoms with van der Waals surface area (Å²) >= 11 is 0. The van der Waals surface area contributed by atoms with Crippen molar-refractivity contribution in [3.8, 4) is 0 Å². The lowest BCUT2D eigenvalue weighted by Gasteiger charge is -2.17. The maximum Gasteiger partial charge on any atom is 0.303 e. The third-order valence-corrected chi connectivity index (χ3v) is 2.74. The molecule has 0 spiro atoms. The summed E-state index contributed by atoms with van der Waals surface area (Å²) in [6.45, 7) is 2.01. The first-order chi connectivity index (χ1) is 8.63. The highest BCUT2D eigenvalue weighted by Gasteiger charge is 2.12. The fourth-order valence-corrected chi connectivity index (χ4v) is 1.77. The lowest BCUT2D eigenvalue weighted by Crippen LogP contribution is -2.27. The second kappa shape index (κ2) is 7.48. The van der Waals surface area contributed by atoms with E-state index in [1.54, 1.807) is 0 Å². The van der Waals surface area contributed by atoms with Crippen molar-refractivity contribution in [2.45, 2.75) is 38.6 Å². The topological polar surface area (TPSA) is 66.4 Å². The van der Waals surface area contributed by atoms with Crippen LogP contribution in [0.3, 0.4) is 0 Å². The Morgan fingerprint density at radius 2 is 1.89 bits per heavy atom. The summed E-state index contributed by atoms with van der Waals surface area (Å²) in [5.41, 5.74) is 1.08. The van der Waals surface area contributed by atoms with Crippen LogP contribution in [-0.4, -0.2) is 17.0 Å². The van der Waals surface area contributed by atoms with Gasteiger partial charge in [0.1, 0.15) is 0 Å². The molecule has 1 amide bonds. The predicted octanol–water partition coefficient (Wildman–Crippen LogP) is 2.51. The summed E-state index contributed by atoms with van der Waals surface area (Å²) in [5, 5.41) is 11.4. The standard InChI is InChI=1S/C14H19NO3/c1-2-12(11-7-4-3-5-8-11)15-13(16)9-6-10-14(17)18/h3-5,7-8,12H,2,6,9-10H2,1H3,(H,15,16)(H,17,18). The number of hydrogen-bond donors (Lipinski definition) is 2. The van der Waals surface area contributed by atoms with E-state index in [2.05, 4.69) is 5.32 Å². The minimum Gasteiger partial charge on any atom is -0.481 e. The van der Waals surface area contributed by atoms with E-state index in [9.17, 15) is 9.59 Å². The lowest BCUT2D eigenvalue weighted by atomic mass is 10.0. The fourth-order valence-electron chi connectivity index (χ4n) is 1.77. The van der Waals surface area contributed by atoms with E-state index in [0.717, 1.165) is 12.0 Å². The van der Waals surface area contributed by atoms with Gasteiger partial charge in [-0.1, -0.05) is 37.3 Å². The molecule has 0 radical (unpaired) electrons. The first-order valence-corrected chi connectivity index (χ1v) is 6.19. The Bertz CT molecular complexity index is 389. The van der Waals surface area contributed by atoms with Gasteiger partial charge in [0.05, 0.1) is 6.04 Å². The first-order valence-electron chi connectivity index (χ1n) is 6.19. The molecule has 0 saturated heterocycles. The number of carbonyl (C=O) groups is 2. The Balaban J connectivity index is 2.44. The summed E-state index contributed by atoms with van der Waals surface area (Å²) in [6, 6.07) is 9.77. The van der Waals surface area contributed by atoms with Gasteiger partial charge in [-0.25, -0.2) is 0 Å². The highest BCUT2D eigenvalue weighted by atomic mass is 16.4. The van der Waals surface area contributed by atoms with Crippen LogP contribution >= 0.6 is 0 Å². The van der Waals surface area contributed by atoms with Crippen molar-refractivity contribution in [3.05, 3.63) is 35.9 Å². The molecule has 1 rings (SSSR count). The fraction of sp³-hybridized carbons (Fsp3) is 0.429. The Hall–Kier alpha value is -1.84. The zero-order chi connectivity index (χ0) is 13.4. The summed E-state index contributed by atoms with van der Waals surface area (Å²) in [6.07, 6.45) is 1.49. The van der Waals surface area contributed by atoms with Gasteiger partial charge in [0.25, 0.3) is 0 Å². The normalized spacial score (nSPS) is 11.8. The summed E-state index contributed by atoms with van der Waals surface area (Å²) in [5.74, 6) is -0.954. The number of aliphatic carboxylic acids is 1. The van der Waals surface area contributed by atoms with Gasteiger partial charge in [0, 0.05) is 12.8 Å². The molecule has 1 unspecified atom stereocenters. The minimum atomic E-state index is -0.863. The smallest absolute Gasteiger partial charge is 0.303 e. The maximum absolute atomic E-state index is 11.7. The van der Waals surface area contributed by atoms with Crippen molar-refractivity contribution in [2.24, 2.45) is 0 Å². The molecule has 2 N–H and O–H groups in total. The van der Waals surface area contributed by atoms with E-state index < -0.39 is 5.97 Å². The van der Waals surface area contributed by atoms with Gasteiger partial charge in [-0.2, -0.15) is 0 Å². The van der Waals surface area contributed by atoms with Crippen LogP contribution in [0.25, 0.3) is 0 Å². The van der Waals surface area contributed by atoms with Crippen LogP contribution in [0.1, 0.15) is 44.2 Å². The Morgan fingerprint density at radius 3 is 2.44 bits per heavy atom. The number of hydrogen-bond acceptors (Lipinski definition) is 2. The quantitative estimate of drug-likeness (QED) is 0.780. The van der Waals surface area contributed by atoms with Crippen molar-refractivity contribution in [1.29, 1.82) is 0 Å². The number of amides is 1. The number of rotatable bonds is 7. The molecule has 98 valence electrons. The van der Waals surface area contributed by atoms with Crippen LogP contribution in [0.5, 0.6) is 0 Å². The second-order valence-corrected chi connectivity index (χ2v) is 4.19. The number of carbonyl (C=O) groups excluding carboxylic acids is 1. The molecule has 4 heteroatoms. The van der Waals surface area contributed by atoms with Crippen molar-refractivity contribution < 1.29 is 14.7 Å². The summed E-state index contributed by atoms with van der Waals surface area (Å²) in [7, 11) is 0. The number of nitrogens with one attached hydrogen (secondary N) is 1.